The molecule has 0 unspecified atom stereocenters. The smallest absolute Gasteiger partial charge is 0.254 e. The third-order valence-corrected chi connectivity index (χ3v) is 4.47. The van der Waals surface area contributed by atoms with Gasteiger partial charge in [0.15, 0.2) is 0 Å². The summed E-state index contributed by atoms with van der Waals surface area (Å²) in [5, 5.41) is 17.8. The van der Waals surface area contributed by atoms with Gasteiger partial charge in [0.2, 0.25) is 0 Å². The number of aryl methyl sites for hydroxylation is 2. The fraction of sp³-hybridized carbons (Fsp3) is 0.529. The van der Waals surface area contributed by atoms with E-state index in [0.29, 0.717) is 25.1 Å². The maximum atomic E-state index is 12.2. The summed E-state index contributed by atoms with van der Waals surface area (Å²) in [6, 6.07) is 1.91. The van der Waals surface area contributed by atoms with Gasteiger partial charge in [0.25, 0.3) is 5.91 Å². The summed E-state index contributed by atoms with van der Waals surface area (Å²) >= 11 is 0. The number of anilines is 1. The summed E-state index contributed by atoms with van der Waals surface area (Å²) in [5.74, 6) is 0.587. The van der Waals surface area contributed by atoms with Crippen LogP contribution >= 0.6 is 0 Å². The van der Waals surface area contributed by atoms with Crippen molar-refractivity contribution in [1.29, 1.82) is 0 Å². The minimum Gasteiger partial charge on any atom is -0.386 e. The zero-order valence-electron chi connectivity index (χ0n) is 14.6. The minimum atomic E-state index is -0.979. The lowest BCUT2D eigenvalue weighted by molar-refractivity contribution is 0.0254. The molecule has 2 aromatic rings. The molecule has 0 bridgehead atoms. The van der Waals surface area contributed by atoms with Gasteiger partial charge in [-0.15, -0.1) is 0 Å². The van der Waals surface area contributed by atoms with Gasteiger partial charge in [0.1, 0.15) is 12.1 Å². The molecule has 0 radical (unpaired) electrons. The van der Waals surface area contributed by atoms with Crippen LogP contribution in [0, 0.1) is 6.92 Å². The van der Waals surface area contributed by atoms with Crippen molar-refractivity contribution < 1.29 is 9.90 Å². The maximum absolute atomic E-state index is 12.2. The average molecular weight is 344 g/mol. The Hall–Kier alpha value is -2.48. The number of aliphatic hydroxyl groups is 1. The molecule has 1 fully saturated rings. The van der Waals surface area contributed by atoms with Crippen molar-refractivity contribution in [2.45, 2.75) is 38.8 Å². The van der Waals surface area contributed by atoms with Crippen molar-refractivity contribution in [1.82, 2.24) is 25.1 Å². The zero-order valence-corrected chi connectivity index (χ0v) is 14.6. The third-order valence-electron chi connectivity index (χ3n) is 4.47. The van der Waals surface area contributed by atoms with Crippen molar-refractivity contribution in [3.05, 3.63) is 36.0 Å². The van der Waals surface area contributed by atoms with Crippen LogP contribution in [0.5, 0.6) is 0 Å². The van der Waals surface area contributed by atoms with Crippen molar-refractivity contribution in [3.63, 3.8) is 0 Å². The van der Waals surface area contributed by atoms with Crippen LogP contribution in [0.1, 0.15) is 35.8 Å². The van der Waals surface area contributed by atoms with E-state index in [-0.39, 0.29) is 12.5 Å². The number of piperidine rings is 1. The van der Waals surface area contributed by atoms with Gasteiger partial charge >= 0.3 is 0 Å². The van der Waals surface area contributed by atoms with E-state index in [2.05, 4.69) is 20.4 Å². The van der Waals surface area contributed by atoms with Crippen LogP contribution in [0.25, 0.3) is 0 Å². The Morgan fingerprint density at radius 3 is 3.00 bits per heavy atom. The minimum absolute atomic E-state index is 0.198. The van der Waals surface area contributed by atoms with E-state index in [0.717, 1.165) is 24.5 Å². The maximum Gasteiger partial charge on any atom is 0.254 e. The van der Waals surface area contributed by atoms with Gasteiger partial charge in [-0.05, 0) is 26.7 Å². The molecule has 1 atom stereocenters. The number of aromatic nitrogens is 4. The van der Waals surface area contributed by atoms with E-state index in [1.165, 1.54) is 6.33 Å². The van der Waals surface area contributed by atoms with Crippen molar-refractivity contribution >= 4 is 11.7 Å². The van der Waals surface area contributed by atoms with Crippen molar-refractivity contribution in [2.75, 3.05) is 24.5 Å². The lowest BCUT2D eigenvalue weighted by atomic mass is 9.92. The predicted molar refractivity (Wildman–Crippen MR) is 93.4 cm³/mol. The summed E-state index contributed by atoms with van der Waals surface area (Å²) in [6.07, 6.45) is 6.26. The highest BCUT2D eigenvalue weighted by Gasteiger charge is 2.34. The van der Waals surface area contributed by atoms with Gasteiger partial charge in [-0.25, -0.2) is 9.97 Å². The Morgan fingerprint density at radius 1 is 1.44 bits per heavy atom. The molecule has 3 rings (SSSR count). The van der Waals surface area contributed by atoms with Crippen LogP contribution in [-0.4, -0.2) is 56.0 Å². The van der Waals surface area contributed by atoms with Gasteiger partial charge in [-0.3, -0.25) is 9.48 Å². The zero-order chi connectivity index (χ0) is 17.9. The lowest BCUT2D eigenvalue weighted by Crippen LogP contribution is -2.54. The van der Waals surface area contributed by atoms with E-state index in [1.807, 2.05) is 24.8 Å². The van der Waals surface area contributed by atoms with E-state index < -0.39 is 5.60 Å². The SMILES string of the molecule is CCn1cc(C(=O)NC[C@@]2(O)CCCN(c3cc(C)ncn3)C2)cn1. The molecule has 2 N–H and O–H groups in total. The quantitative estimate of drug-likeness (QED) is 0.831. The third kappa shape index (κ3) is 4.14. The Kier molecular flexibility index (Phi) is 4.98. The molecule has 3 heterocycles. The number of β-amino-alcohol motifs (C(OH)–C–C–N with tert-alkyl or cyclic N) is 1. The Balaban J connectivity index is 1.62. The number of carbonyl (C=O) groups excluding carboxylic acids is 1. The number of amides is 1. The molecule has 0 aromatic carbocycles. The molecule has 0 aliphatic carbocycles. The molecule has 1 aliphatic heterocycles. The normalized spacial score (nSPS) is 20.5. The Bertz CT molecular complexity index is 746. The first-order chi connectivity index (χ1) is 12.0. The standard InChI is InChI=1S/C17H24N6O2/c1-3-23-9-14(8-21-23)16(24)18-10-17(25)5-4-6-22(11-17)15-7-13(2)19-12-20-15/h7-9,12,25H,3-6,10-11H2,1-2H3,(H,18,24)/t17-/m0/s1. The Labute approximate surface area is 146 Å². The highest BCUT2D eigenvalue weighted by atomic mass is 16.3. The van der Waals surface area contributed by atoms with Crippen LogP contribution in [-0.2, 0) is 6.54 Å². The molecular weight excluding hydrogens is 320 g/mol. The van der Waals surface area contributed by atoms with Crippen molar-refractivity contribution in [3.8, 4) is 0 Å². The highest BCUT2D eigenvalue weighted by molar-refractivity contribution is 5.93. The van der Waals surface area contributed by atoms with Crippen LogP contribution < -0.4 is 10.2 Å². The average Bonchev–Trinajstić information content (AvgIpc) is 3.09. The number of hydrogen-bond donors (Lipinski definition) is 2. The van der Waals surface area contributed by atoms with Gasteiger partial charge < -0.3 is 15.3 Å². The molecule has 0 saturated carbocycles. The summed E-state index contributed by atoms with van der Waals surface area (Å²) in [7, 11) is 0. The first-order valence-corrected chi connectivity index (χ1v) is 8.56. The van der Waals surface area contributed by atoms with E-state index >= 15 is 0 Å². The lowest BCUT2D eigenvalue weighted by Gasteiger charge is -2.39. The van der Waals surface area contributed by atoms with Gasteiger partial charge in [0.05, 0.1) is 17.4 Å². The molecule has 8 heteroatoms. The molecule has 1 amide bonds. The summed E-state index contributed by atoms with van der Waals surface area (Å²) in [5.41, 5.74) is 0.415. The topological polar surface area (TPSA) is 96.2 Å². The van der Waals surface area contributed by atoms with Crippen LogP contribution in [0.2, 0.25) is 0 Å². The number of nitrogens with zero attached hydrogens (tertiary/aromatic N) is 5. The van der Waals surface area contributed by atoms with E-state index in [9.17, 15) is 9.90 Å². The highest BCUT2D eigenvalue weighted by Crippen LogP contribution is 2.24. The summed E-state index contributed by atoms with van der Waals surface area (Å²) < 4.78 is 1.70. The molecule has 1 aliphatic rings. The molecule has 0 spiro atoms. The first kappa shape index (κ1) is 17.3. The number of carbonyl (C=O) groups is 1. The second-order valence-electron chi connectivity index (χ2n) is 6.53. The van der Waals surface area contributed by atoms with Crippen molar-refractivity contribution in [2.24, 2.45) is 0 Å². The molecule has 134 valence electrons. The van der Waals surface area contributed by atoms with Gasteiger partial charge in [0, 0.05) is 44.1 Å². The molecule has 1 saturated heterocycles. The second kappa shape index (κ2) is 7.18. The largest absolute Gasteiger partial charge is 0.386 e. The summed E-state index contributed by atoms with van der Waals surface area (Å²) in [6.45, 7) is 6.04. The van der Waals surface area contributed by atoms with Crippen LogP contribution in [0.15, 0.2) is 24.8 Å². The number of nitrogens with one attached hydrogen (secondary N) is 1. The fourth-order valence-electron chi connectivity index (χ4n) is 3.07. The van der Waals surface area contributed by atoms with E-state index in [1.54, 1.807) is 17.1 Å². The Morgan fingerprint density at radius 2 is 2.28 bits per heavy atom. The number of rotatable bonds is 5. The molecule has 25 heavy (non-hydrogen) atoms. The van der Waals surface area contributed by atoms with Gasteiger partial charge in [-0.1, -0.05) is 0 Å². The monoisotopic (exact) mass is 344 g/mol. The predicted octanol–water partition coefficient (Wildman–Crippen LogP) is 0.763. The number of hydrogen-bond acceptors (Lipinski definition) is 6. The van der Waals surface area contributed by atoms with Crippen LogP contribution in [0.4, 0.5) is 5.82 Å². The molecular formula is C17H24N6O2. The first-order valence-electron chi connectivity index (χ1n) is 8.56. The molecule has 2 aromatic heterocycles. The second-order valence-corrected chi connectivity index (χ2v) is 6.53. The summed E-state index contributed by atoms with van der Waals surface area (Å²) in [4.78, 5) is 22.7. The van der Waals surface area contributed by atoms with Gasteiger partial charge in [-0.2, -0.15) is 5.10 Å². The molecule has 8 nitrogen and oxygen atoms in total. The van der Waals surface area contributed by atoms with E-state index in [4.69, 9.17) is 0 Å². The fourth-order valence-corrected chi connectivity index (χ4v) is 3.07. The van der Waals surface area contributed by atoms with Crippen LogP contribution in [0.3, 0.4) is 0 Å².